The topological polar surface area (TPSA) is 44.5 Å². The summed E-state index contributed by atoms with van der Waals surface area (Å²) in [4.78, 5) is 0. The molecule has 17 heavy (non-hydrogen) atoms. The van der Waals surface area contributed by atoms with E-state index in [1.807, 2.05) is 6.07 Å². The first-order chi connectivity index (χ1) is 8.20. The summed E-state index contributed by atoms with van der Waals surface area (Å²) in [6.07, 6.45) is 3.23. The summed E-state index contributed by atoms with van der Waals surface area (Å²) in [5.74, 6) is 1.02. The van der Waals surface area contributed by atoms with E-state index in [1.54, 1.807) is 7.11 Å². The van der Waals surface area contributed by atoms with Crippen molar-refractivity contribution in [3.8, 4) is 5.75 Å². The molecule has 0 amide bonds. The highest BCUT2D eigenvalue weighted by Crippen LogP contribution is 2.28. The lowest BCUT2D eigenvalue weighted by atomic mass is 9.98. The fourth-order valence-electron chi connectivity index (χ4n) is 2.14. The Labute approximate surface area is 103 Å². The van der Waals surface area contributed by atoms with E-state index in [-0.39, 0.29) is 12.1 Å². The van der Waals surface area contributed by atoms with E-state index < -0.39 is 0 Å². The number of fused-ring (bicyclic) bond motifs is 1. The van der Waals surface area contributed by atoms with Crippen molar-refractivity contribution in [2.24, 2.45) is 5.73 Å². The highest BCUT2D eigenvalue weighted by molar-refractivity contribution is 5.40. The van der Waals surface area contributed by atoms with Crippen molar-refractivity contribution in [3.63, 3.8) is 0 Å². The zero-order chi connectivity index (χ0) is 12.3. The summed E-state index contributed by atoms with van der Waals surface area (Å²) in [6, 6.07) is 6.40. The molecule has 2 atom stereocenters. The molecule has 3 heteroatoms. The number of hydrogen-bond acceptors (Lipinski definition) is 3. The van der Waals surface area contributed by atoms with Gasteiger partial charge >= 0.3 is 0 Å². The molecule has 0 saturated carbocycles. The normalized spacial score (nSPS) is 17.4. The third kappa shape index (κ3) is 2.99. The van der Waals surface area contributed by atoms with Crippen molar-refractivity contribution in [1.82, 2.24) is 0 Å². The van der Waals surface area contributed by atoms with Crippen LogP contribution in [0.4, 0.5) is 0 Å². The van der Waals surface area contributed by atoms with Crippen LogP contribution in [0.5, 0.6) is 5.75 Å². The first kappa shape index (κ1) is 12.4. The van der Waals surface area contributed by atoms with Crippen LogP contribution in [0.2, 0.25) is 0 Å². The summed E-state index contributed by atoms with van der Waals surface area (Å²) >= 11 is 0. The maximum atomic E-state index is 6.20. The SMILES string of the molecule is COC(C)CCC(N)c1ccc2c(c1)CCO2. The van der Waals surface area contributed by atoms with Crippen LogP contribution in [-0.2, 0) is 11.2 Å². The Morgan fingerprint density at radius 1 is 1.41 bits per heavy atom. The van der Waals surface area contributed by atoms with Gasteiger partial charge in [-0.1, -0.05) is 12.1 Å². The maximum Gasteiger partial charge on any atom is 0.122 e. The Kier molecular flexibility index (Phi) is 4.02. The number of ether oxygens (including phenoxy) is 2. The Morgan fingerprint density at radius 2 is 2.24 bits per heavy atom. The Morgan fingerprint density at radius 3 is 3.00 bits per heavy atom. The number of hydrogen-bond donors (Lipinski definition) is 1. The Bertz CT molecular complexity index is 378. The number of methoxy groups -OCH3 is 1. The number of benzene rings is 1. The molecule has 2 unspecified atom stereocenters. The standard InChI is InChI=1S/C14H21NO2/c1-10(16-2)3-5-13(15)11-4-6-14-12(9-11)7-8-17-14/h4,6,9-10,13H,3,5,7-8,15H2,1-2H3. The van der Waals surface area contributed by atoms with E-state index in [2.05, 4.69) is 19.1 Å². The molecule has 1 aromatic rings. The molecule has 0 bridgehead atoms. The minimum Gasteiger partial charge on any atom is -0.493 e. The van der Waals surface area contributed by atoms with Crippen molar-refractivity contribution in [2.45, 2.75) is 38.3 Å². The van der Waals surface area contributed by atoms with Gasteiger partial charge in [0.2, 0.25) is 0 Å². The second-order valence-electron chi connectivity index (χ2n) is 4.70. The molecule has 1 aliphatic heterocycles. The second-order valence-corrected chi connectivity index (χ2v) is 4.70. The van der Waals surface area contributed by atoms with Crippen LogP contribution in [0, 0.1) is 0 Å². The second kappa shape index (κ2) is 5.52. The van der Waals surface area contributed by atoms with Gasteiger partial charge in [0.25, 0.3) is 0 Å². The van der Waals surface area contributed by atoms with E-state index in [0.29, 0.717) is 0 Å². The third-order valence-electron chi connectivity index (χ3n) is 3.43. The summed E-state index contributed by atoms with van der Waals surface area (Å²) in [5.41, 5.74) is 8.69. The summed E-state index contributed by atoms with van der Waals surface area (Å²) in [5, 5.41) is 0. The van der Waals surface area contributed by atoms with Gasteiger partial charge in [0.05, 0.1) is 12.7 Å². The lowest BCUT2D eigenvalue weighted by Gasteiger charge is -2.15. The molecular formula is C14H21NO2. The fourth-order valence-corrected chi connectivity index (χ4v) is 2.14. The molecule has 0 fully saturated rings. The van der Waals surface area contributed by atoms with E-state index in [0.717, 1.165) is 31.6 Å². The van der Waals surface area contributed by atoms with Crippen molar-refractivity contribution in [2.75, 3.05) is 13.7 Å². The molecule has 0 radical (unpaired) electrons. The smallest absolute Gasteiger partial charge is 0.122 e. The van der Waals surface area contributed by atoms with Crippen molar-refractivity contribution < 1.29 is 9.47 Å². The zero-order valence-corrected chi connectivity index (χ0v) is 10.6. The highest BCUT2D eigenvalue weighted by atomic mass is 16.5. The molecule has 1 heterocycles. The molecule has 1 aliphatic rings. The Hall–Kier alpha value is -1.06. The molecule has 0 spiro atoms. The average Bonchev–Trinajstić information content (AvgIpc) is 2.82. The quantitative estimate of drug-likeness (QED) is 0.852. The van der Waals surface area contributed by atoms with Gasteiger partial charge < -0.3 is 15.2 Å². The predicted octanol–water partition coefficient (Wildman–Crippen LogP) is 2.44. The lowest BCUT2D eigenvalue weighted by molar-refractivity contribution is 0.107. The average molecular weight is 235 g/mol. The van der Waals surface area contributed by atoms with Gasteiger partial charge in [-0.15, -0.1) is 0 Å². The zero-order valence-electron chi connectivity index (χ0n) is 10.6. The maximum absolute atomic E-state index is 6.20. The Balaban J connectivity index is 1.97. The molecule has 94 valence electrons. The molecule has 0 saturated heterocycles. The largest absolute Gasteiger partial charge is 0.493 e. The predicted molar refractivity (Wildman–Crippen MR) is 68.3 cm³/mol. The van der Waals surface area contributed by atoms with E-state index in [4.69, 9.17) is 15.2 Å². The van der Waals surface area contributed by atoms with Gasteiger partial charge in [0.15, 0.2) is 0 Å². The van der Waals surface area contributed by atoms with Gasteiger partial charge in [-0.05, 0) is 37.0 Å². The first-order valence-corrected chi connectivity index (χ1v) is 6.24. The summed E-state index contributed by atoms with van der Waals surface area (Å²) in [6.45, 7) is 2.87. The van der Waals surface area contributed by atoms with Crippen LogP contribution in [0.15, 0.2) is 18.2 Å². The molecule has 0 aliphatic carbocycles. The lowest BCUT2D eigenvalue weighted by Crippen LogP contribution is -2.14. The molecule has 3 nitrogen and oxygen atoms in total. The molecule has 0 aromatic heterocycles. The van der Waals surface area contributed by atoms with Crippen molar-refractivity contribution in [1.29, 1.82) is 0 Å². The third-order valence-corrected chi connectivity index (χ3v) is 3.43. The molecule has 2 N–H and O–H groups in total. The first-order valence-electron chi connectivity index (χ1n) is 6.24. The minimum atomic E-state index is 0.0958. The van der Waals surface area contributed by atoms with Gasteiger partial charge in [0, 0.05) is 19.6 Å². The number of nitrogens with two attached hydrogens (primary N) is 1. The summed E-state index contributed by atoms with van der Waals surface area (Å²) in [7, 11) is 1.74. The minimum absolute atomic E-state index is 0.0958. The number of rotatable bonds is 5. The van der Waals surface area contributed by atoms with Crippen LogP contribution in [0.25, 0.3) is 0 Å². The van der Waals surface area contributed by atoms with Gasteiger partial charge in [0.1, 0.15) is 5.75 Å². The van der Waals surface area contributed by atoms with Gasteiger partial charge in [-0.2, -0.15) is 0 Å². The van der Waals surface area contributed by atoms with E-state index in [9.17, 15) is 0 Å². The van der Waals surface area contributed by atoms with Gasteiger partial charge in [-0.25, -0.2) is 0 Å². The van der Waals surface area contributed by atoms with Crippen LogP contribution in [0.3, 0.4) is 0 Å². The van der Waals surface area contributed by atoms with Crippen LogP contribution >= 0.6 is 0 Å². The van der Waals surface area contributed by atoms with Crippen LogP contribution in [0.1, 0.15) is 36.9 Å². The molecule has 1 aromatic carbocycles. The highest BCUT2D eigenvalue weighted by Gasteiger charge is 2.15. The van der Waals surface area contributed by atoms with E-state index >= 15 is 0 Å². The van der Waals surface area contributed by atoms with Crippen molar-refractivity contribution in [3.05, 3.63) is 29.3 Å². The van der Waals surface area contributed by atoms with Crippen LogP contribution < -0.4 is 10.5 Å². The van der Waals surface area contributed by atoms with E-state index in [1.165, 1.54) is 11.1 Å². The molecule has 2 rings (SSSR count). The van der Waals surface area contributed by atoms with Crippen LogP contribution in [-0.4, -0.2) is 19.8 Å². The fraction of sp³-hybridized carbons (Fsp3) is 0.571. The van der Waals surface area contributed by atoms with Gasteiger partial charge in [-0.3, -0.25) is 0 Å². The molecular weight excluding hydrogens is 214 g/mol. The monoisotopic (exact) mass is 235 g/mol. The summed E-state index contributed by atoms with van der Waals surface area (Å²) < 4.78 is 10.7. The van der Waals surface area contributed by atoms with Crippen molar-refractivity contribution >= 4 is 0 Å².